The first-order valence-corrected chi connectivity index (χ1v) is 17.5. The van der Waals surface area contributed by atoms with Gasteiger partial charge in [0.15, 0.2) is 0 Å². The van der Waals surface area contributed by atoms with E-state index in [1.807, 2.05) is 91.0 Å². The predicted octanol–water partition coefficient (Wildman–Crippen LogP) is 11.3. The van der Waals surface area contributed by atoms with E-state index >= 15 is 0 Å². The number of hydrogen-bond acceptors (Lipinski definition) is 0. The maximum absolute atomic E-state index is 3.72. The molecule has 0 saturated carbocycles. The van der Waals surface area contributed by atoms with Crippen molar-refractivity contribution < 1.29 is 21.7 Å². The summed E-state index contributed by atoms with van der Waals surface area (Å²) in [6.07, 6.45) is 9.12. The maximum atomic E-state index is 3.72. The minimum Gasteiger partial charge on any atom is -0.249 e. The fraction of sp³-hybridized carbons (Fsp3) is 0.342. The minimum absolute atomic E-state index is 0. The SMILES string of the molecule is CC1=[C-]C2=C(CCCC2)C1C[Si](C)(C)C(C)(C)C.[CH2-]c1ccccc1.[CH2-]c1ccccc1.[CH2-]c1ccccc1.[Ti+4]. The Labute approximate surface area is 263 Å². The minimum atomic E-state index is -1.18. The Morgan fingerprint density at radius 1 is 0.700 bits per heavy atom. The zero-order chi connectivity index (χ0) is 28.9. The Morgan fingerprint density at radius 3 is 1.40 bits per heavy atom. The number of allylic oxidation sites excluding steroid dienone is 4. The van der Waals surface area contributed by atoms with Gasteiger partial charge < -0.3 is 0 Å². The van der Waals surface area contributed by atoms with Crippen LogP contribution < -0.4 is 0 Å². The Balaban J connectivity index is 0.000000300. The number of hydrogen-bond donors (Lipinski definition) is 0. The van der Waals surface area contributed by atoms with E-state index in [1.165, 1.54) is 37.3 Å². The molecule has 210 valence electrons. The van der Waals surface area contributed by atoms with E-state index in [-0.39, 0.29) is 21.7 Å². The van der Waals surface area contributed by atoms with Crippen molar-refractivity contribution >= 4 is 8.07 Å². The summed E-state index contributed by atoms with van der Waals surface area (Å²) in [4.78, 5) is 0. The second kappa shape index (κ2) is 17.5. The van der Waals surface area contributed by atoms with E-state index in [9.17, 15) is 0 Å². The van der Waals surface area contributed by atoms with Crippen molar-refractivity contribution in [2.45, 2.75) is 77.6 Å². The van der Waals surface area contributed by atoms with Crippen LogP contribution in [0.25, 0.3) is 0 Å². The first kappa shape index (κ1) is 35.7. The second-order valence-corrected chi connectivity index (χ2v) is 18.0. The molecule has 0 aliphatic heterocycles. The van der Waals surface area contributed by atoms with Crippen LogP contribution in [-0.2, 0) is 21.7 Å². The molecule has 40 heavy (non-hydrogen) atoms. The van der Waals surface area contributed by atoms with Gasteiger partial charge in [-0.3, -0.25) is 0 Å². The van der Waals surface area contributed by atoms with Crippen LogP contribution in [0.5, 0.6) is 0 Å². The maximum Gasteiger partial charge on any atom is 4.00 e. The molecular weight excluding hydrogens is 532 g/mol. The van der Waals surface area contributed by atoms with Gasteiger partial charge in [-0.25, -0.2) is 17.2 Å². The zero-order valence-electron chi connectivity index (χ0n) is 25.9. The molecule has 3 aromatic rings. The van der Waals surface area contributed by atoms with Crippen molar-refractivity contribution in [2.24, 2.45) is 5.92 Å². The fourth-order valence-corrected chi connectivity index (χ4v) is 6.75. The molecule has 5 rings (SSSR count). The van der Waals surface area contributed by atoms with Gasteiger partial charge in [-0.2, -0.15) is 79.4 Å². The van der Waals surface area contributed by atoms with Crippen LogP contribution in [0.3, 0.4) is 0 Å². The summed E-state index contributed by atoms with van der Waals surface area (Å²) >= 11 is 0. The van der Waals surface area contributed by atoms with Crippen molar-refractivity contribution in [1.29, 1.82) is 0 Å². The molecule has 2 heteroatoms. The van der Waals surface area contributed by atoms with Crippen molar-refractivity contribution in [3.05, 3.63) is 151 Å². The second-order valence-electron chi connectivity index (χ2n) is 12.4. The van der Waals surface area contributed by atoms with Gasteiger partial charge in [0.05, 0.1) is 8.07 Å². The Bertz CT molecular complexity index is 1060. The van der Waals surface area contributed by atoms with E-state index in [0.717, 1.165) is 22.6 Å². The van der Waals surface area contributed by atoms with E-state index in [0.29, 0.717) is 5.04 Å². The van der Waals surface area contributed by atoms with Crippen LogP contribution >= 0.6 is 0 Å². The van der Waals surface area contributed by atoms with Crippen molar-refractivity contribution in [3.8, 4) is 0 Å². The zero-order valence-corrected chi connectivity index (χ0v) is 28.5. The van der Waals surface area contributed by atoms with Gasteiger partial charge in [0.25, 0.3) is 0 Å². The smallest absolute Gasteiger partial charge is 0.249 e. The van der Waals surface area contributed by atoms with Gasteiger partial charge in [0, 0.05) is 0 Å². The normalized spacial score (nSPS) is 15.8. The first-order valence-electron chi connectivity index (χ1n) is 14.3. The van der Waals surface area contributed by atoms with E-state index in [2.05, 4.69) is 67.6 Å². The van der Waals surface area contributed by atoms with Crippen molar-refractivity contribution in [1.82, 2.24) is 0 Å². The summed E-state index contributed by atoms with van der Waals surface area (Å²) < 4.78 is 0. The van der Waals surface area contributed by atoms with E-state index in [4.69, 9.17) is 0 Å². The summed E-state index contributed by atoms with van der Waals surface area (Å²) in [7, 11) is -1.18. The molecule has 0 saturated heterocycles. The molecule has 1 unspecified atom stereocenters. The number of benzene rings is 3. The van der Waals surface area contributed by atoms with Gasteiger partial charge in [0.2, 0.25) is 0 Å². The Hall–Kier alpha value is -2.32. The molecule has 1 atom stereocenters. The summed E-state index contributed by atoms with van der Waals surface area (Å²) in [6, 6.07) is 31.0. The van der Waals surface area contributed by atoms with Gasteiger partial charge in [0.1, 0.15) is 0 Å². The molecule has 2 aliphatic rings. The quantitative estimate of drug-likeness (QED) is 0.208. The van der Waals surface area contributed by atoms with Crippen molar-refractivity contribution in [3.63, 3.8) is 0 Å². The largest absolute Gasteiger partial charge is 4.00 e. The van der Waals surface area contributed by atoms with Gasteiger partial charge in [-0.05, 0) is 5.04 Å². The molecule has 0 fully saturated rings. The van der Waals surface area contributed by atoms with Gasteiger partial charge in [-0.1, -0.05) is 96.6 Å². The third-order valence-electron chi connectivity index (χ3n) is 8.08. The van der Waals surface area contributed by atoms with Crippen LogP contribution in [0, 0.1) is 32.8 Å². The summed E-state index contributed by atoms with van der Waals surface area (Å²) in [6.45, 7) is 25.9. The molecule has 0 spiro atoms. The molecule has 0 bridgehead atoms. The van der Waals surface area contributed by atoms with Gasteiger partial charge >= 0.3 is 21.7 Å². The Morgan fingerprint density at radius 2 is 1.07 bits per heavy atom. The molecule has 0 N–H and O–H groups in total. The van der Waals surface area contributed by atoms with Crippen LogP contribution in [0.1, 0.15) is 70.1 Å². The summed E-state index contributed by atoms with van der Waals surface area (Å²) in [5, 5.41) is 0.505. The molecule has 0 amide bonds. The van der Waals surface area contributed by atoms with E-state index in [1.54, 1.807) is 11.1 Å². The van der Waals surface area contributed by atoms with E-state index < -0.39 is 8.07 Å². The standard InChI is InChI=1S/C17H29Si.3C7H7.Ti/c1-13-11-14-9-7-8-10-15(14)16(13)12-18(5,6)17(2,3)4;3*1-7-5-3-2-4-6-7;/h16H,7-10,12H2,1-6H3;3*2-6H,1H2;/q4*-1;+4. The molecule has 0 nitrogen and oxygen atoms in total. The molecule has 2 aliphatic carbocycles. The fourth-order valence-electron chi connectivity index (χ4n) is 4.57. The third kappa shape index (κ3) is 12.5. The van der Waals surface area contributed by atoms with Crippen molar-refractivity contribution in [2.75, 3.05) is 0 Å². The summed E-state index contributed by atoms with van der Waals surface area (Å²) in [5.74, 6) is 0.751. The van der Waals surface area contributed by atoms with Crippen LogP contribution in [-0.4, -0.2) is 8.07 Å². The molecule has 0 radical (unpaired) electrons. The van der Waals surface area contributed by atoms with Crippen LogP contribution in [0.15, 0.2) is 108 Å². The average molecular weight is 583 g/mol. The van der Waals surface area contributed by atoms with Crippen LogP contribution in [0.2, 0.25) is 24.2 Å². The Kier molecular flexibility index (Phi) is 15.6. The summed E-state index contributed by atoms with van der Waals surface area (Å²) in [5.41, 5.74) is 8.10. The molecule has 0 aromatic heterocycles. The molecule has 0 heterocycles. The average Bonchev–Trinajstić information content (AvgIpc) is 3.20. The molecule has 3 aromatic carbocycles. The first-order chi connectivity index (χ1) is 18.4. The third-order valence-corrected chi connectivity index (χ3v) is 13.6. The van der Waals surface area contributed by atoms with Gasteiger partial charge in [-0.15, -0.1) is 36.4 Å². The topological polar surface area (TPSA) is 0 Å². The monoisotopic (exact) mass is 582 g/mol. The predicted molar refractivity (Wildman–Crippen MR) is 176 cm³/mol. The number of rotatable bonds is 2. The van der Waals surface area contributed by atoms with Crippen LogP contribution in [0.4, 0.5) is 0 Å². The molecular formula is C38H50SiTi.